The number of hydrogen-bond donors (Lipinski definition) is 4. The van der Waals surface area contributed by atoms with Gasteiger partial charge in [-0.3, -0.25) is 0 Å². The Kier molecular flexibility index (Phi) is 6.04. The van der Waals surface area contributed by atoms with E-state index in [1.54, 1.807) is 0 Å². The lowest BCUT2D eigenvalue weighted by atomic mass is 10.2. The summed E-state index contributed by atoms with van der Waals surface area (Å²) < 4.78 is 4.91. The summed E-state index contributed by atoms with van der Waals surface area (Å²) in [5.74, 6) is -0.826. The van der Waals surface area contributed by atoms with E-state index in [9.17, 15) is 19.4 Å². The third kappa shape index (κ3) is 4.86. The van der Waals surface area contributed by atoms with Gasteiger partial charge in [0.25, 0.3) is 0 Å². The first kappa shape index (κ1) is 16.5. The molecule has 0 bridgehead atoms. The number of carbonyl (C=O) groups is 2. The second-order valence-electron chi connectivity index (χ2n) is 4.11. The number of ether oxygens (including phenoxy) is 1. The number of carboxylic acid groups (broad SMARTS) is 1. The maximum atomic E-state index is 11.9. The molecule has 0 aliphatic carbocycles. The van der Waals surface area contributed by atoms with Gasteiger partial charge < -0.3 is 15.6 Å². The Morgan fingerprint density at radius 2 is 1.80 bits per heavy atom. The van der Waals surface area contributed by atoms with E-state index in [0.717, 1.165) is 0 Å². The van der Waals surface area contributed by atoms with Crippen LogP contribution in [0.4, 0.5) is 0 Å². The molecule has 1 rings (SSSR count). The molecule has 0 aliphatic heterocycles. The second kappa shape index (κ2) is 7.31. The van der Waals surface area contributed by atoms with Gasteiger partial charge >= 0.3 is 19.2 Å². The van der Waals surface area contributed by atoms with Crippen LogP contribution in [0.1, 0.15) is 16.8 Å². The van der Waals surface area contributed by atoms with Gasteiger partial charge in [-0.15, -0.1) is 0 Å². The van der Waals surface area contributed by atoms with Crippen LogP contribution in [0.3, 0.4) is 0 Å². The first-order chi connectivity index (χ1) is 9.36. The van der Waals surface area contributed by atoms with Crippen LogP contribution in [-0.4, -0.2) is 45.7 Å². The van der Waals surface area contributed by atoms with E-state index in [2.05, 4.69) is 0 Å². The summed E-state index contributed by atoms with van der Waals surface area (Å²) in [6.45, 7) is -0.209. The number of benzene rings is 1. The van der Waals surface area contributed by atoms with Crippen molar-refractivity contribution in [3.8, 4) is 5.75 Å². The van der Waals surface area contributed by atoms with Crippen molar-refractivity contribution in [1.29, 1.82) is 0 Å². The van der Waals surface area contributed by atoms with Crippen LogP contribution in [-0.2, 0) is 4.79 Å². The Morgan fingerprint density at radius 1 is 1.20 bits per heavy atom. The third-order valence-corrected chi connectivity index (χ3v) is 4.31. The molecule has 0 aliphatic rings. The maximum absolute atomic E-state index is 11.9. The van der Waals surface area contributed by atoms with Crippen molar-refractivity contribution >= 4 is 19.2 Å². The molecule has 0 fully saturated rings. The Bertz CT molecular complexity index is 473. The van der Waals surface area contributed by atoms with E-state index in [1.807, 2.05) is 0 Å². The van der Waals surface area contributed by atoms with Crippen molar-refractivity contribution in [3.63, 3.8) is 0 Å². The van der Waals surface area contributed by atoms with E-state index in [1.165, 1.54) is 24.3 Å². The highest BCUT2D eigenvalue weighted by Crippen LogP contribution is 2.53. The molecular formula is C12H17NO6P+. The van der Waals surface area contributed by atoms with Gasteiger partial charge in [0.1, 0.15) is 11.9 Å². The summed E-state index contributed by atoms with van der Waals surface area (Å²) in [6, 6.07) is 5.53. The zero-order chi connectivity index (χ0) is 15.2. The van der Waals surface area contributed by atoms with E-state index in [-0.39, 0.29) is 24.0 Å². The molecule has 20 heavy (non-hydrogen) atoms. The number of rotatable bonds is 8. The summed E-state index contributed by atoms with van der Waals surface area (Å²) >= 11 is 0. The summed E-state index contributed by atoms with van der Waals surface area (Å²) in [5, 5.41) is 8.46. The molecule has 0 radical (unpaired) electrons. The van der Waals surface area contributed by atoms with Crippen LogP contribution >= 0.6 is 7.72 Å². The predicted molar refractivity (Wildman–Crippen MR) is 73.8 cm³/mol. The van der Waals surface area contributed by atoms with Gasteiger partial charge in [0.05, 0.1) is 5.56 Å². The predicted octanol–water partition coefficient (Wildman–Crippen LogP) is 0.471. The fourth-order valence-electron chi connectivity index (χ4n) is 1.46. The molecule has 0 aromatic heterocycles. The molecule has 0 spiro atoms. The summed E-state index contributed by atoms with van der Waals surface area (Å²) in [6.07, 6.45) is 0.311. The van der Waals surface area contributed by atoms with Crippen LogP contribution in [0.2, 0.25) is 0 Å². The zero-order valence-corrected chi connectivity index (χ0v) is 11.6. The van der Waals surface area contributed by atoms with Gasteiger partial charge in [-0.1, -0.05) is 0 Å². The molecule has 110 valence electrons. The minimum absolute atomic E-state index is 0.0421. The topological polar surface area (TPSA) is 130 Å². The molecular weight excluding hydrogens is 285 g/mol. The van der Waals surface area contributed by atoms with Crippen molar-refractivity contribution in [3.05, 3.63) is 29.8 Å². The quantitative estimate of drug-likeness (QED) is 0.513. The summed E-state index contributed by atoms with van der Waals surface area (Å²) in [5.41, 5.74) is 4.69. The maximum Gasteiger partial charge on any atom is 0.356 e. The van der Waals surface area contributed by atoms with Crippen LogP contribution in [0.5, 0.6) is 5.75 Å². The molecule has 0 saturated carbocycles. The number of aliphatic carboxylic acids is 1. The van der Waals surface area contributed by atoms with Crippen molar-refractivity contribution in [1.82, 2.24) is 0 Å². The molecule has 0 unspecified atom stereocenters. The van der Waals surface area contributed by atoms with Gasteiger partial charge in [-0.25, -0.2) is 19.4 Å². The highest BCUT2D eigenvalue weighted by atomic mass is 31.2. The minimum Gasteiger partial charge on any atom is -0.482 e. The van der Waals surface area contributed by atoms with Gasteiger partial charge in [-0.2, -0.15) is 0 Å². The van der Waals surface area contributed by atoms with E-state index >= 15 is 0 Å². The molecule has 5 N–H and O–H groups in total. The molecule has 1 aromatic rings. The Morgan fingerprint density at radius 3 is 2.30 bits per heavy atom. The van der Waals surface area contributed by atoms with Crippen LogP contribution in [0.15, 0.2) is 24.3 Å². The Hall–Kier alpha value is -1.53. The lowest BCUT2D eigenvalue weighted by Gasteiger charge is -2.10. The highest BCUT2D eigenvalue weighted by molar-refractivity contribution is 7.81. The largest absolute Gasteiger partial charge is 0.482 e. The van der Waals surface area contributed by atoms with E-state index in [0.29, 0.717) is 6.42 Å². The molecule has 0 atom stereocenters. The van der Waals surface area contributed by atoms with Crippen molar-refractivity contribution in [2.75, 3.05) is 19.3 Å². The van der Waals surface area contributed by atoms with Crippen LogP contribution < -0.4 is 10.5 Å². The number of carbonyl (C=O) groups excluding carboxylic acids is 1. The SMILES string of the molecule is NCCC[P+](O)(O)C(=O)c1ccc(OCC(=O)O)cc1. The molecule has 7 nitrogen and oxygen atoms in total. The standard InChI is InChI=1S/C12H16NO6P/c13-6-1-7-20(17,18)12(16)9-2-4-10(5-3-9)19-8-11(14)15/h2-5,17-18H,1,6-8,13H2/p+1. The van der Waals surface area contributed by atoms with Crippen molar-refractivity contribution in [2.45, 2.75) is 6.42 Å². The van der Waals surface area contributed by atoms with Crippen LogP contribution in [0.25, 0.3) is 0 Å². The number of nitrogens with two attached hydrogens (primary N) is 1. The van der Waals surface area contributed by atoms with Gasteiger partial charge in [0, 0.05) is 0 Å². The van der Waals surface area contributed by atoms with Crippen molar-refractivity contribution in [2.24, 2.45) is 5.73 Å². The minimum atomic E-state index is -3.67. The molecule has 0 saturated heterocycles. The molecule has 8 heteroatoms. The summed E-state index contributed by atoms with van der Waals surface area (Å²) in [7, 11) is -3.67. The van der Waals surface area contributed by atoms with Gasteiger partial charge in [0.2, 0.25) is 0 Å². The lowest BCUT2D eigenvalue weighted by Crippen LogP contribution is -2.13. The Labute approximate surface area is 116 Å². The second-order valence-corrected chi connectivity index (χ2v) is 6.42. The van der Waals surface area contributed by atoms with E-state index in [4.69, 9.17) is 15.6 Å². The fraction of sp³-hybridized carbons (Fsp3) is 0.333. The number of carboxylic acids is 1. The fourth-order valence-corrected chi connectivity index (χ4v) is 2.85. The monoisotopic (exact) mass is 302 g/mol. The third-order valence-electron chi connectivity index (χ3n) is 2.46. The summed E-state index contributed by atoms with van der Waals surface area (Å²) in [4.78, 5) is 41.8. The molecule has 0 heterocycles. The zero-order valence-electron chi connectivity index (χ0n) is 10.7. The normalized spacial score (nSPS) is 11.2. The average Bonchev–Trinajstić information content (AvgIpc) is 2.42. The first-order valence-electron chi connectivity index (χ1n) is 5.90. The molecule has 0 amide bonds. The average molecular weight is 302 g/mol. The van der Waals surface area contributed by atoms with E-state index < -0.39 is 25.8 Å². The lowest BCUT2D eigenvalue weighted by molar-refractivity contribution is -0.139. The van der Waals surface area contributed by atoms with Crippen molar-refractivity contribution < 1.29 is 29.2 Å². The smallest absolute Gasteiger partial charge is 0.356 e. The number of hydrogen-bond acceptors (Lipinski definition) is 6. The van der Waals surface area contributed by atoms with Gasteiger partial charge in [0.15, 0.2) is 6.61 Å². The highest BCUT2D eigenvalue weighted by Gasteiger charge is 2.43. The first-order valence-corrected chi connectivity index (χ1v) is 7.78. The Balaban J connectivity index is 2.72. The van der Waals surface area contributed by atoms with Crippen LogP contribution in [0, 0.1) is 0 Å². The van der Waals surface area contributed by atoms with Gasteiger partial charge in [-0.05, 0) is 37.2 Å². The molecule has 1 aromatic carbocycles.